The van der Waals surface area contributed by atoms with E-state index < -0.39 is 10.0 Å². The van der Waals surface area contributed by atoms with E-state index in [-0.39, 0.29) is 37.1 Å². The minimum atomic E-state index is -3.51. The van der Waals surface area contributed by atoms with Crippen molar-refractivity contribution in [2.24, 2.45) is 10.7 Å². The van der Waals surface area contributed by atoms with Crippen molar-refractivity contribution < 1.29 is 8.42 Å². The van der Waals surface area contributed by atoms with Crippen LogP contribution in [0.3, 0.4) is 0 Å². The number of nitrogens with two attached hydrogens (primary N) is 1. The number of guanidine groups is 1. The number of nitrogens with zero attached hydrogens (tertiary/aromatic N) is 1. The molecule has 4 N–H and O–H groups in total. The Morgan fingerprint density at radius 3 is 2.71 bits per heavy atom. The smallest absolute Gasteiger partial charge is 0.241 e. The maximum atomic E-state index is 12.4. The Bertz CT molecular complexity index is 955. The van der Waals surface area contributed by atoms with Gasteiger partial charge < -0.3 is 11.1 Å². The Morgan fingerprint density at radius 2 is 2.00 bits per heavy atom. The van der Waals surface area contributed by atoms with E-state index in [1.807, 2.05) is 26.0 Å². The van der Waals surface area contributed by atoms with Gasteiger partial charge in [0.25, 0.3) is 0 Å². The zero-order valence-corrected chi connectivity index (χ0v) is 20.1. The predicted molar refractivity (Wildman–Crippen MR) is 128 cm³/mol. The normalized spacial score (nSPS) is 14.3. The maximum Gasteiger partial charge on any atom is 0.241 e. The van der Waals surface area contributed by atoms with Gasteiger partial charge >= 0.3 is 0 Å². The molecule has 1 aromatic heterocycles. The van der Waals surface area contributed by atoms with Gasteiger partial charge in [-0.05, 0) is 62.8 Å². The van der Waals surface area contributed by atoms with Crippen molar-refractivity contribution in [1.29, 1.82) is 0 Å². The first-order valence-corrected chi connectivity index (χ1v) is 11.4. The van der Waals surface area contributed by atoms with E-state index in [2.05, 4.69) is 21.1 Å². The van der Waals surface area contributed by atoms with Gasteiger partial charge in [0, 0.05) is 22.0 Å². The summed E-state index contributed by atoms with van der Waals surface area (Å²) in [7, 11) is -3.51. The van der Waals surface area contributed by atoms with Crippen LogP contribution < -0.4 is 15.8 Å². The number of benzene rings is 1. The number of nitrogens with one attached hydrogen (secondary N) is 2. The molecule has 0 atom stereocenters. The molecular formula is C19H27IN4O2S2. The zero-order chi connectivity index (χ0) is 19.4. The molecule has 28 heavy (non-hydrogen) atoms. The topological polar surface area (TPSA) is 96.6 Å². The van der Waals surface area contributed by atoms with Gasteiger partial charge in [0.1, 0.15) is 0 Å². The van der Waals surface area contributed by atoms with Gasteiger partial charge in [-0.3, -0.25) is 4.99 Å². The largest absolute Gasteiger partial charge is 0.370 e. The highest BCUT2D eigenvalue weighted by atomic mass is 127. The Balaban J connectivity index is 0.00000280. The fourth-order valence-electron chi connectivity index (χ4n) is 3.38. The summed E-state index contributed by atoms with van der Waals surface area (Å²) in [6.07, 6.45) is 4.56. The molecular weight excluding hydrogens is 507 g/mol. The standard InChI is InChI=1S/C19H26N4O2S2.HI/c1-13-12-18(14(2)26-13)27(24,25)22-11-10-21-19(20)23-17-9-5-7-15-6-3-4-8-16(15)17;/h5,7,9,12,22H,3-4,6,8,10-11H2,1-2H3,(H3,20,21,23);1H. The summed E-state index contributed by atoms with van der Waals surface area (Å²) in [5, 5.41) is 3.16. The maximum absolute atomic E-state index is 12.4. The highest BCUT2D eigenvalue weighted by Gasteiger charge is 2.18. The fraction of sp³-hybridized carbons (Fsp3) is 0.421. The van der Waals surface area contributed by atoms with E-state index in [0.717, 1.165) is 28.3 Å². The minimum absolute atomic E-state index is 0. The van der Waals surface area contributed by atoms with Crippen molar-refractivity contribution in [2.45, 2.75) is 44.4 Å². The quantitative estimate of drug-likeness (QED) is 0.229. The summed E-state index contributed by atoms with van der Waals surface area (Å²) in [5.74, 6) is 0.302. The van der Waals surface area contributed by atoms with E-state index in [0.29, 0.717) is 10.9 Å². The lowest BCUT2D eigenvalue weighted by molar-refractivity contribution is 0.582. The van der Waals surface area contributed by atoms with Gasteiger partial charge in [-0.15, -0.1) is 35.3 Å². The van der Waals surface area contributed by atoms with Crippen LogP contribution in [0.25, 0.3) is 0 Å². The van der Waals surface area contributed by atoms with Crippen molar-refractivity contribution in [3.05, 3.63) is 45.1 Å². The first-order chi connectivity index (χ1) is 12.9. The van der Waals surface area contributed by atoms with Crippen LogP contribution in [-0.4, -0.2) is 27.5 Å². The molecule has 0 saturated heterocycles. The molecule has 1 heterocycles. The number of rotatable bonds is 6. The number of halogens is 1. The van der Waals surface area contributed by atoms with E-state index >= 15 is 0 Å². The lowest BCUT2D eigenvalue weighted by Crippen LogP contribution is -2.29. The lowest BCUT2D eigenvalue weighted by Gasteiger charge is -2.19. The molecule has 9 heteroatoms. The number of aliphatic imine (C=N–C) groups is 1. The lowest BCUT2D eigenvalue weighted by atomic mass is 9.90. The molecule has 0 saturated carbocycles. The molecule has 0 fully saturated rings. The molecule has 0 amide bonds. The van der Waals surface area contributed by atoms with Gasteiger partial charge in [-0.25, -0.2) is 13.1 Å². The van der Waals surface area contributed by atoms with Crippen LogP contribution in [0.5, 0.6) is 0 Å². The van der Waals surface area contributed by atoms with Crippen LogP contribution in [0.2, 0.25) is 0 Å². The van der Waals surface area contributed by atoms with Gasteiger partial charge in [0.05, 0.1) is 11.4 Å². The van der Waals surface area contributed by atoms with Crippen molar-refractivity contribution >= 4 is 57.0 Å². The third-order valence-corrected chi connectivity index (χ3v) is 7.31. The molecule has 0 aliphatic heterocycles. The number of hydrogen-bond donors (Lipinski definition) is 3. The average molecular weight is 534 g/mol. The average Bonchev–Trinajstić information content (AvgIpc) is 2.98. The highest BCUT2D eigenvalue weighted by molar-refractivity contribution is 14.0. The summed E-state index contributed by atoms with van der Waals surface area (Å²) in [5.41, 5.74) is 9.67. The van der Waals surface area contributed by atoms with Gasteiger partial charge in [-0.2, -0.15) is 0 Å². The molecule has 0 bridgehead atoms. The van der Waals surface area contributed by atoms with E-state index in [4.69, 9.17) is 5.73 Å². The van der Waals surface area contributed by atoms with E-state index in [1.54, 1.807) is 6.07 Å². The van der Waals surface area contributed by atoms with Crippen molar-refractivity contribution in [3.8, 4) is 0 Å². The Kier molecular flexibility index (Phi) is 8.29. The van der Waals surface area contributed by atoms with Crippen LogP contribution in [0.1, 0.15) is 33.7 Å². The summed E-state index contributed by atoms with van der Waals surface area (Å²) in [4.78, 5) is 6.36. The number of aryl methyl sites for hydroxylation is 3. The molecule has 6 nitrogen and oxygen atoms in total. The number of anilines is 1. The second-order valence-electron chi connectivity index (χ2n) is 6.72. The van der Waals surface area contributed by atoms with Crippen LogP contribution in [0.4, 0.5) is 5.69 Å². The van der Waals surface area contributed by atoms with Crippen molar-refractivity contribution in [2.75, 3.05) is 18.4 Å². The van der Waals surface area contributed by atoms with Crippen LogP contribution in [0, 0.1) is 13.8 Å². The number of hydrogen-bond acceptors (Lipinski definition) is 4. The summed E-state index contributed by atoms with van der Waals surface area (Å²) < 4.78 is 27.3. The second kappa shape index (κ2) is 10.0. The first-order valence-electron chi connectivity index (χ1n) is 9.11. The van der Waals surface area contributed by atoms with Crippen LogP contribution in [0.15, 0.2) is 34.2 Å². The molecule has 0 spiro atoms. The van der Waals surface area contributed by atoms with Crippen molar-refractivity contribution in [3.63, 3.8) is 0 Å². The molecule has 1 aliphatic carbocycles. The number of sulfonamides is 1. The summed E-state index contributed by atoms with van der Waals surface area (Å²) >= 11 is 1.48. The molecule has 154 valence electrons. The minimum Gasteiger partial charge on any atom is -0.370 e. The number of thiophene rings is 1. The van der Waals surface area contributed by atoms with Crippen LogP contribution in [-0.2, 0) is 22.9 Å². The zero-order valence-electron chi connectivity index (χ0n) is 16.1. The molecule has 0 radical (unpaired) electrons. The first kappa shape index (κ1) is 23.1. The molecule has 2 aromatic rings. The van der Waals surface area contributed by atoms with Gasteiger partial charge in [0.15, 0.2) is 5.96 Å². The Hall–Kier alpha value is -1.17. The molecule has 1 aromatic carbocycles. The highest BCUT2D eigenvalue weighted by Crippen LogP contribution is 2.27. The second-order valence-corrected chi connectivity index (χ2v) is 9.91. The Labute approximate surface area is 188 Å². The van der Waals surface area contributed by atoms with Crippen molar-refractivity contribution in [1.82, 2.24) is 4.72 Å². The third-order valence-electron chi connectivity index (χ3n) is 4.63. The summed E-state index contributed by atoms with van der Waals surface area (Å²) in [6.45, 7) is 4.18. The fourth-order valence-corrected chi connectivity index (χ4v) is 5.96. The van der Waals surface area contributed by atoms with Gasteiger partial charge in [-0.1, -0.05) is 12.1 Å². The van der Waals surface area contributed by atoms with E-state index in [9.17, 15) is 8.42 Å². The monoisotopic (exact) mass is 534 g/mol. The van der Waals surface area contributed by atoms with Gasteiger partial charge in [0.2, 0.25) is 10.0 Å². The van der Waals surface area contributed by atoms with Crippen LogP contribution >= 0.6 is 35.3 Å². The molecule has 1 aliphatic rings. The Morgan fingerprint density at radius 1 is 1.25 bits per heavy atom. The number of fused-ring (bicyclic) bond motifs is 1. The summed E-state index contributed by atoms with van der Waals surface area (Å²) in [6, 6.07) is 7.89. The SMILES string of the molecule is Cc1cc(S(=O)(=O)NCCN=C(N)Nc2cccc3c2CCCC3)c(C)s1.I. The molecule has 3 rings (SSSR count). The molecule has 0 unspecified atom stereocenters. The third kappa shape index (κ3) is 5.68. The predicted octanol–water partition coefficient (Wildman–Crippen LogP) is 3.57. The van der Waals surface area contributed by atoms with E-state index in [1.165, 1.54) is 35.3 Å².